The van der Waals surface area contributed by atoms with Gasteiger partial charge in [0.2, 0.25) is 11.9 Å². The van der Waals surface area contributed by atoms with Crippen molar-refractivity contribution in [2.24, 2.45) is 5.92 Å². The number of fused-ring (bicyclic) bond motifs is 2. The molecule has 15 nitrogen and oxygen atoms in total. The molecule has 4 heterocycles. The lowest BCUT2D eigenvalue weighted by molar-refractivity contribution is -0.174. The van der Waals surface area contributed by atoms with Gasteiger partial charge in [-0.2, -0.15) is 18.2 Å². The summed E-state index contributed by atoms with van der Waals surface area (Å²) >= 11 is 0. The maximum Gasteiger partial charge on any atom is 0.471 e. The quantitative estimate of drug-likeness (QED) is 0.148. The van der Waals surface area contributed by atoms with Crippen LogP contribution in [0.5, 0.6) is 0 Å². The lowest BCUT2D eigenvalue weighted by Gasteiger charge is -2.51. The highest BCUT2D eigenvalue weighted by molar-refractivity contribution is 6.84. The third-order valence-corrected chi connectivity index (χ3v) is 19.5. The van der Waals surface area contributed by atoms with Gasteiger partial charge in [-0.15, -0.1) is 0 Å². The second-order valence-electron chi connectivity index (χ2n) is 14.4. The Morgan fingerprint density at radius 3 is 2.24 bits per heavy atom. The van der Waals surface area contributed by atoms with Gasteiger partial charge < -0.3 is 32.5 Å². The van der Waals surface area contributed by atoms with Crippen LogP contribution in [-0.2, 0) is 36.8 Å². The van der Waals surface area contributed by atoms with Crippen molar-refractivity contribution >= 4 is 46.0 Å². The summed E-state index contributed by atoms with van der Waals surface area (Å²) < 4.78 is 79.2. The summed E-state index contributed by atoms with van der Waals surface area (Å²) in [5, 5.41) is 4.36. The number of aromatic nitrogens is 4. The van der Waals surface area contributed by atoms with Crippen LogP contribution in [0.4, 0.5) is 19.1 Å². The van der Waals surface area contributed by atoms with E-state index in [1.165, 1.54) is 10.9 Å². The Balaban J connectivity index is 1.75. The van der Waals surface area contributed by atoms with Crippen LogP contribution < -0.4 is 16.2 Å². The minimum absolute atomic E-state index is 0.0134. The molecule has 2 aliphatic heterocycles. The molecule has 0 saturated carbocycles. The van der Waals surface area contributed by atoms with Crippen molar-refractivity contribution < 1.29 is 49.9 Å². The Bertz CT molecular complexity index is 1570. The van der Waals surface area contributed by atoms with E-state index in [2.05, 4.69) is 75.7 Å². The summed E-state index contributed by atoms with van der Waals surface area (Å²) in [6.45, 7) is 19.1. The number of H-pyrrole nitrogens is 1. The lowest BCUT2D eigenvalue weighted by Crippen LogP contribution is -2.66. The zero-order valence-corrected chi connectivity index (χ0v) is 32.8. The maximum atomic E-state index is 13.1. The number of alkyl halides is 3. The first-order valence-electron chi connectivity index (χ1n) is 17.2. The van der Waals surface area contributed by atoms with E-state index in [1.54, 1.807) is 19.2 Å². The highest BCUT2D eigenvalue weighted by atomic mass is 28.5. The van der Waals surface area contributed by atoms with Crippen LogP contribution in [0.3, 0.4) is 0 Å². The number of nitrogens with zero attached hydrogens (tertiary/aromatic N) is 3. The van der Waals surface area contributed by atoms with Crippen LogP contribution in [0, 0.1) is 5.92 Å². The summed E-state index contributed by atoms with van der Waals surface area (Å²) in [4.78, 5) is 48.0. The molecule has 51 heavy (non-hydrogen) atoms. The molecule has 1 unspecified atom stereocenters. The lowest BCUT2D eigenvalue weighted by atomic mass is 10.1. The Kier molecular flexibility index (Phi) is 13.0. The molecule has 0 radical (unpaired) electrons. The van der Waals surface area contributed by atoms with Gasteiger partial charge in [-0.25, -0.2) is 4.98 Å². The Hall–Kier alpha value is -2.73. The Morgan fingerprint density at radius 1 is 1.04 bits per heavy atom. The number of anilines is 1. The molecule has 4 rings (SSSR count). The van der Waals surface area contributed by atoms with E-state index >= 15 is 0 Å². The number of carbonyl (C=O) groups is 2. The van der Waals surface area contributed by atoms with Crippen LogP contribution in [0.1, 0.15) is 75.5 Å². The van der Waals surface area contributed by atoms with Gasteiger partial charge >= 0.3 is 29.2 Å². The number of carbonyl (C=O) groups excluding carboxylic acids is 2. The number of aromatic amines is 1. The molecule has 4 atom stereocenters. The molecule has 0 spiro atoms. The molecule has 2 aromatic heterocycles. The van der Waals surface area contributed by atoms with Gasteiger partial charge in [-0.1, -0.05) is 69.2 Å². The van der Waals surface area contributed by atoms with E-state index in [4.69, 9.17) is 27.2 Å². The molecule has 2 amide bonds. The number of hydrogen-bond donors (Lipinski definition) is 3. The minimum atomic E-state index is -5.02. The van der Waals surface area contributed by atoms with Crippen LogP contribution in [0.2, 0.25) is 22.2 Å². The van der Waals surface area contributed by atoms with E-state index in [9.17, 15) is 27.6 Å². The van der Waals surface area contributed by atoms with Gasteiger partial charge in [0, 0.05) is 12.5 Å². The third kappa shape index (κ3) is 8.58. The minimum Gasteiger partial charge on any atom is -0.414 e. The van der Waals surface area contributed by atoms with Crippen molar-refractivity contribution in [3.63, 3.8) is 0 Å². The third-order valence-electron chi connectivity index (χ3n) is 9.22. The summed E-state index contributed by atoms with van der Waals surface area (Å²) in [6.07, 6.45) is -7.08. The molecule has 0 bridgehead atoms. The van der Waals surface area contributed by atoms with E-state index in [-0.39, 0.29) is 64.3 Å². The van der Waals surface area contributed by atoms with Crippen molar-refractivity contribution in [1.82, 2.24) is 24.8 Å². The van der Waals surface area contributed by atoms with E-state index < -0.39 is 72.6 Å². The van der Waals surface area contributed by atoms with E-state index in [1.807, 2.05) is 0 Å². The molecule has 2 saturated heterocycles. The molecule has 2 aliphatic rings. The van der Waals surface area contributed by atoms with Crippen LogP contribution in [0.15, 0.2) is 11.1 Å². The molecular weight excluding hydrogens is 714 g/mol. The maximum absolute atomic E-state index is 13.1. The van der Waals surface area contributed by atoms with Crippen molar-refractivity contribution in [2.75, 3.05) is 31.9 Å². The predicted octanol–water partition coefficient (Wildman–Crippen LogP) is 4.61. The van der Waals surface area contributed by atoms with Crippen LogP contribution >= 0.6 is 0 Å². The van der Waals surface area contributed by atoms with Crippen molar-refractivity contribution in [2.45, 2.75) is 122 Å². The SMILES string of the molecule is CC(C)C(=O)Nc1nc2c(ncn2[C@@H]2O[C@@H]3CO[Si](C(C)C)(C(C)C)O[Si](C(C)C)(C(C)C)OC3[C@@H]2OCOCCNC(=O)C(F)(F)F)c(=O)[nH]1. The normalized spacial score (nSPS) is 23.6. The van der Waals surface area contributed by atoms with Gasteiger partial charge in [0.05, 0.1) is 19.5 Å². The summed E-state index contributed by atoms with van der Waals surface area (Å²) in [5.74, 6) is -2.90. The Labute approximate surface area is 297 Å². The zero-order chi connectivity index (χ0) is 38.1. The number of halogens is 3. The molecular formula is C31H51F3N6O9Si2. The summed E-state index contributed by atoms with van der Waals surface area (Å²) in [7, 11) is -6.11. The second-order valence-corrected chi connectivity index (χ2v) is 23.3. The van der Waals surface area contributed by atoms with Gasteiger partial charge in [0.25, 0.3) is 5.56 Å². The standard InChI is InChI=1S/C31H51F3N6O9Si2/c1-16(2)26(41)38-30-37-25-22(27(42)39-30)36-14-40(25)28-24(45-15-44-12-11-35-29(43)31(32,33)34)23-21(47-28)13-46-50(17(3)4,18(5)6)49-51(48-23,19(7)8)20(9)10/h14,16-21,23-24,28H,11-13,15H2,1-10H3,(H,35,43)(H2,37,38,39,41,42)/t21-,23?,24+,28-/m1/s1. The molecule has 3 N–H and O–H groups in total. The molecule has 0 aromatic carbocycles. The number of rotatable bonds is 13. The molecule has 288 valence electrons. The first-order chi connectivity index (χ1) is 23.7. The molecule has 2 aromatic rings. The van der Waals surface area contributed by atoms with Crippen LogP contribution in [-0.4, -0.2) is 99.5 Å². The zero-order valence-electron chi connectivity index (χ0n) is 30.8. The number of hydrogen-bond acceptors (Lipinski definition) is 11. The molecule has 0 aliphatic carbocycles. The smallest absolute Gasteiger partial charge is 0.414 e. The topological polar surface area (TPSA) is 177 Å². The fourth-order valence-corrected chi connectivity index (χ4v) is 17.7. The van der Waals surface area contributed by atoms with Gasteiger partial charge in [0.1, 0.15) is 25.1 Å². The summed E-state index contributed by atoms with van der Waals surface area (Å²) in [5.41, 5.74) is -0.413. The largest absolute Gasteiger partial charge is 0.471 e. The summed E-state index contributed by atoms with van der Waals surface area (Å²) in [6, 6.07) is 0. The average Bonchev–Trinajstić information content (AvgIpc) is 3.58. The monoisotopic (exact) mass is 764 g/mol. The van der Waals surface area contributed by atoms with Gasteiger partial charge in [-0.3, -0.25) is 29.3 Å². The molecule has 20 heteroatoms. The van der Waals surface area contributed by atoms with Gasteiger partial charge in [0.15, 0.2) is 17.4 Å². The van der Waals surface area contributed by atoms with E-state index in [0.717, 1.165) is 0 Å². The highest BCUT2D eigenvalue weighted by Gasteiger charge is 2.62. The van der Waals surface area contributed by atoms with Crippen molar-refractivity contribution in [1.29, 1.82) is 0 Å². The average molecular weight is 765 g/mol. The number of imidazole rings is 1. The fraction of sp³-hybridized carbons (Fsp3) is 0.774. The van der Waals surface area contributed by atoms with Crippen LogP contribution in [0.25, 0.3) is 11.2 Å². The predicted molar refractivity (Wildman–Crippen MR) is 184 cm³/mol. The number of ether oxygens (including phenoxy) is 3. The van der Waals surface area contributed by atoms with Crippen molar-refractivity contribution in [3.8, 4) is 0 Å². The first kappa shape index (κ1) is 41.0. The highest BCUT2D eigenvalue weighted by Crippen LogP contribution is 2.49. The Morgan fingerprint density at radius 2 is 1.67 bits per heavy atom. The number of amides is 2. The number of nitrogens with one attached hydrogen (secondary N) is 3. The van der Waals surface area contributed by atoms with Crippen molar-refractivity contribution in [3.05, 3.63) is 16.7 Å². The van der Waals surface area contributed by atoms with E-state index in [0.29, 0.717) is 0 Å². The first-order valence-corrected chi connectivity index (χ1v) is 21.2. The molecule has 2 fully saturated rings. The second kappa shape index (κ2) is 16.1. The van der Waals surface area contributed by atoms with Gasteiger partial charge in [-0.05, 0) is 22.2 Å². The fourth-order valence-electron chi connectivity index (χ4n) is 6.48.